The summed E-state index contributed by atoms with van der Waals surface area (Å²) in [6.45, 7) is 18.3. The molecule has 0 aromatic rings. The van der Waals surface area contributed by atoms with E-state index in [0.29, 0.717) is 25.7 Å². The zero-order valence-corrected chi connectivity index (χ0v) is 36.0. The number of esters is 1. The highest BCUT2D eigenvalue weighted by molar-refractivity contribution is 5.91. The molecule has 2 fully saturated rings. The second-order valence-corrected chi connectivity index (χ2v) is 17.9. The van der Waals surface area contributed by atoms with Crippen molar-refractivity contribution in [1.29, 1.82) is 0 Å². The lowest BCUT2D eigenvalue weighted by Gasteiger charge is -2.54. The van der Waals surface area contributed by atoms with Gasteiger partial charge in [-0.05, 0) is 63.7 Å². The Balaban J connectivity index is 2.02. The van der Waals surface area contributed by atoms with E-state index in [0.717, 1.165) is 6.42 Å². The van der Waals surface area contributed by atoms with Gasteiger partial charge in [0.2, 0.25) is 5.79 Å². The number of rotatable bonds is 3. The van der Waals surface area contributed by atoms with Gasteiger partial charge in [-0.3, -0.25) is 14.4 Å². The zero-order chi connectivity index (χ0) is 43.2. The first-order valence-electron chi connectivity index (χ1n) is 21.1. The van der Waals surface area contributed by atoms with Crippen molar-refractivity contribution >= 4 is 23.3 Å². The average Bonchev–Trinajstić information content (AvgIpc) is 3.16. The average molecular weight is 805 g/mol. The number of allylic oxidation sites excluding steroid dienone is 4. The molecule has 3 heterocycles. The van der Waals surface area contributed by atoms with Gasteiger partial charge < -0.3 is 39.7 Å². The van der Waals surface area contributed by atoms with Gasteiger partial charge >= 0.3 is 5.97 Å². The first kappa shape index (κ1) is 48.8. The summed E-state index contributed by atoms with van der Waals surface area (Å²) >= 11 is 0. The van der Waals surface area contributed by atoms with Gasteiger partial charge in [0.15, 0.2) is 11.6 Å². The van der Waals surface area contributed by atoms with Gasteiger partial charge in [0, 0.05) is 42.1 Å². The Bertz CT molecular complexity index is 1470. The minimum absolute atomic E-state index is 0.132. The summed E-state index contributed by atoms with van der Waals surface area (Å²) in [5, 5.41) is 55.0. The van der Waals surface area contributed by atoms with Crippen molar-refractivity contribution in [2.45, 2.75) is 169 Å². The highest BCUT2D eigenvalue weighted by atomic mass is 16.7. The first-order valence-corrected chi connectivity index (χ1v) is 21.1. The summed E-state index contributed by atoms with van der Waals surface area (Å²) in [5.41, 5.74) is -2.21. The van der Waals surface area contributed by atoms with Crippen LogP contribution in [0.1, 0.15) is 115 Å². The van der Waals surface area contributed by atoms with Gasteiger partial charge in [0.1, 0.15) is 17.5 Å². The summed E-state index contributed by atoms with van der Waals surface area (Å²) in [4.78, 5) is 54.5. The number of fused-ring (bicyclic) bond motifs is 2. The van der Waals surface area contributed by atoms with E-state index in [1.165, 1.54) is 39.8 Å². The van der Waals surface area contributed by atoms with Crippen LogP contribution in [0.15, 0.2) is 36.5 Å². The van der Waals surface area contributed by atoms with Crippen molar-refractivity contribution in [3.63, 3.8) is 0 Å². The van der Waals surface area contributed by atoms with Crippen molar-refractivity contribution in [2.75, 3.05) is 0 Å². The topological polar surface area (TPSA) is 197 Å². The summed E-state index contributed by atoms with van der Waals surface area (Å²) in [6, 6.07) is 0. The van der Waals surface area contributed by atoms with Crippen LogP contribution in [0.3, 0.4) is 0 Å². The Hall–Kier alpha value is -2.58. The van der Waals surface area contributed by atoms with Crippen molar-refractivity contribution in [1.82, 2.24) is 0 Å². The number of carbonyl (C=O) groups excluding carboxylic acids is 4. The van der Waals surface area contributed by atoms with Crippen LogP contribution in [0.2, 0.25) is 0 Å². The summed E-state index contributed by atoms with van der Waals surface area (Å²) < 4.78 is 19.4. The molecule has 57 heavy (non-hydrogen) atoms. The Morgan fingerprint density at radius 3 is 2.09 bits per heavy atom. The van der Waals surface area contributed by atoms with E-state index in [4.69, 9.17) is 14.2 Å². The number of hydrogen-bond acceptors (Lipinski definition) is 12. The van der Waals surface area contributed by atoms with Crippen LogP contribution in [-0.4, -0.2) is 103 Å². The van der Waals surface area contributed by atoms with E-state index in [9.17, 15) is 44.7 Å². The molecule has 3 aliphatic heterocycles. The van der Waals surface area contributed by atoms with Crippen LogP contribution < -0.4 is 0 Å². The standard InChI is InChI=1S/C45H72O12/c1-12-33-17-15-13-14-16-25(3)42(52)44(11,54)43(53)31(9)40(51)30(8)39(50)29(7)38(49)24(2)18-21-37(48)55-41-28(6)34(20-19-33)56-45(32(41)10)36(47)22-26(4)35(57-45)23-27(5)46/h13-15,17-18,21,24-35,38,40-42,46,49,51-52,54H,12,16,19-20,22-23H2,1-11H3/b14-13+,17-15?,21-18+/t24-,25+,26-,27+,28+,29-,30-,31-,32-,33-,34-,35-,38+,40+,41+,42-,44+,45+/m1/s1. The molecule has 12 heteroatoms. The molecule has 0 unspecified atom stereocenters. The zero-order valence-electron chi connectivity index (χ0n) is 36.0. The maximum atomic E-state index is 14.0. The fraction of sp³-hybridized carbons (Fsp3) is 0.778. The molecule has 0 saturated carbocycles. The highest BCUT2D eigenvalue weighted by Gasteiger charge is 2.61. The van der Waals surface area contributed by atoms with Gasteiger partial charge in [0.25, 0.3) is 0 Å². The second-order valence-electron chi connectivity index (χ2n) is 17.9. The number of aliphatic hydroxyl groups is 5. The number of Topliss-reactive ketones (excluding diaryl/α,β-unsaturated/α-hetero) is 3. The van der Waals surface area contributed by atoms with Crippen LogP contribution >= 0.6 is 0 Å². The monoisotopic (exact) mass is 805 g/mol. The molecular weight excluding hydrogens is 732 g/mol. The van der Waals surface area contributed by atoms with Crippen LogP contribution in [0.4, 0.5) is 0 Å². The highest BCUT2D eigenvalue weighted by Crippen LogP contribution is 2.47. The normalized spacial score (nSPS) is 45.6. The third kappa shape index (κ3) is 11.4. The molecule has 2 saturated heterocycles. The van der Waals surface area contributed by atoms with Crippen LogP contribution in [0, 0.1) is 53.3 Å². The molecule has 5 N–H and O–H groups in total. The van der Waals surface area contributed by atoms with E-state index in [1.54, 1.807) is 27.7 Å². The lowest BCUT2D eigenvalue weighted by Crippen LogP contribution is -2.66. The number of aliphatic hydroxyl groups excluding tert-OH is 4. The summed E-state index contributed by atoms with van der Waals surface area (Å²) in [7, 11) is 0. The first-order chi connectivity index (χ1) is 26.5. The molecule has 3 rings (SSSR count). The fourth-order valence-corrected chi connectivity index (χ4v) is 8.91. The van der Waals surface area contributed by atoms with Gasteiger partial charge in [-0.25, -0.2) is 4.79 Å². The third-order valence-corrected chi connectivity index (χ3v) is 13.2. The smallest absolute Gasteiger partial charge is 0.330 e. The molecule has 18 atom stereocenters. The third-order valence-electron chi connectivity index (χ3n) is 13.2. The molecule has 0 aromatic carbocycles. The molecule has 12 nitrogen and oxygen atoms in total. The largest absolute Gasteiger partial charge is 0.458 e. The fourth-order valence-electron chi connectivity index (χ4n) is 8.91. The molecule has 0 radical (unpaired) electrons. The Morgan fingerprint density at radius 2 is 1.47 bits per heavy atom. The lowest BCUT2D eigenvalue weighted by molar-refractivity contribution is -0.344. The SMILES string of the molecule is CC[C@@H]1C=C/C=C/C[C@H](C)[C@@H](O)[C@](C)(O)C(=O)[C@H](C)[C@@H](O)[C@H](C)C(=O)[C@H](C)[C@@H](O)[C@H](C)/C=C/C(=O)O[C@H]2[C@@H](C)[C@@H](CC1)O[C@]1(O[C@H](C[C@H](C)O)[C@H](C)CC1=O)[C@@H]2C. The van der Waals surface area contributed by atoms with E-state index < -0.39 is 107 Å². The maximum Gasteiger partial charge on any atom is 0.330 e. The lowest BCUT2D eigenvalue weighted by atomic mass is 9.74. The van der Waals surface area contributed by atoms with Gasteiger partial charge in [-0.2, -0.15) is 0 Å². The molecule has 1 spiro atoms. The molecule has 0 aliphatic carbocycles. The maximum absolute atomic E-state index is 14.0. The quantitative estimate of drug-likeness (QED) is 0.238. The van der Waals surface area contributed by atoms with Crippen LogP contribution in [-0.2, 0) is 33.4 Å². The number of ether oxygens (including phenoxy) is 3. The Labute approximate surface area is 340 Å². The van der Waals surface area contributed by atoms with Crippen LogP contribution in [0.25, 0.3) is 0 Å². The molecule has 0 amide bonds. The van der Waals surface area contributed by atoms with Gasteiger partial charge in [-0.1, -0.05) is 92.7 Å². The van der Waals surface area contributed by atoms with E-state index in [2.05, 4.69) is 13.0 Å². The number of ketones is 3. The summed E-state index contributed by atoms with van der Waals surface area (Å²) in [5.74, 6) is -9.55. The Morgan fingerprint density at radius 1 is 0.842 bits per heavy atom. The molecule has 0 aromatic heterocycles. The van der Waals surface area contributed by atoms with Gasteiger partial charge in [0.05, 0.1) is 42.5 Å². The number of hydrogen-bond donors (Lipinski definition) is 5. The minimum atomic E-state index is -2.21. The van der Waals surface area contributed by atoms with Crippen molar-refractivity contribution in [3.8, 4) is 0 Å². The predicted molar refractivity (Wildman–Crippen MR) is 215 cm³/mol. The van der Waals surface area contributed by atoms with E-state index >= 15 is 0 Å². The predicted octanol–water partition coefficient (Wildman–Crippen LogP) is 5.06. The molecule has 324 valence electrons. The molecule has 3 aliphatic rings. The van der Waals surface area contributed by atoms with Crippen molar-refractivity contribution in [3.05, 3.63) is 36.5 Å². The van der Waals surface area contributed by atoms with Crippen molar-refractivity contribution < 1.29 is 58.9 Å². The minimum Gasteiger partial charge on any atom is -0.458 e. The second kappa shape index (κ2) is 20.6. The van der Waals surface area contributed by atoms with E-state index in [-0.39, 0.29) is 30.0 Å². The summed E-state index contributed by atoms with van der Waals surface area (Å²) in [6.07, 6.45) is 6.53. The van der Waals surface area contributed by atoms with Crippen molar-refractivity contribution in [2.24, 2.45) is 53.3 Å². The molecule has 2 bridgehead atoms. The molecular formula is C45H72O12. The van der Waals surface area contributed by atoms with Crippen LogP contribution in [0.5, 0.6) is 0 Å². The van der Waals surface area contributed by atoms with Gasteiger partial charge in [-0.15, -0.1) is 0 Å². The Kier molecular flexibility index (Phi) is 17.6. The number of carbonyl (C=O) groups is 4. The van der Waals surface area contributed by atoms with E-state index in [1.807, 2.05) is 32.1 Å².